The van der Waals surface area contributed by atoms with Crippen LogP contribution in [0.2, 0.25) is 0 Å². The number of nitrogens with zero attached hydrogens (tertiary/aromatic N) is 1. The Morgan fingerprint density at radius 1 is 1.35 bits per heavy atom. The van der Waals surface area contributed by atoms with Gasteiger partial charge in [-0.1, -0.05) is 19.3 Å². The number of rotatable bonds is 4. The molecular weight excluding hydrogens is 255 g/mol. The fraction of sp³-hybridized carbons (Fsp3) is 0.562. The van der Waals surface area contributed by atoms with E-state index < -0.39 is 0 Å². The van der Waals surface area contributed by atoms with Gasteiger partial charge in [-0.25, -0.2) is 4.39 Å². The van der Waals surface area contributed by atoms with Crippen molar-refractivity contribution >= 4 is 5.69 Å². The molecule has 0 radical (unpaired) electrons. The number of nitrogens with one attached hydrogen (secondary N) is 1. The number of halogens is 1. The van der Waals surface area contributed by atoms with Crippen molar-refractivity contribution in [3.8, 4) is 11.8 Å². The van der Waals surface area contributed by atoms with Crippen LogP contribution < -0.4 is 10.1 Å². The quantitative estimate of drug-likeness (QED) is 0.842. The number of ether oxygens (including phenoxy) is 1. The molecule has 1 fully saturated rings. The molecule has 0 aromatic heterocycles. The second-order valence-corrected chi connectivity index (χ2v) is 5.20. The van der Waals surface area contributed by atoms with Crippen LogP contribution in [0.5, 0.6) is 5.75 Å². The summed E-state index contributed by atoms with van der Waals surface area (Å²) in [6.07, 6.45) is 5.29. The summed E-state index contributed by atoms with van der Waals surface area (Å²) in [6.45, 7) is 2.28. The van der Waals surface area contributed by atoms with Gasteiger partial charge >= 0.3 is 0 Å². The maximum absolute atomic E-state index is 13.8. The largest absolute Gasteiger partial charge is 0.491 e. The first kappa shape index (κ1) is 14.6. The Morgan fingerprint density at radius 2 is 2.15 bits per heavy atom. The van der Waals surface area contributed by atoms with E-state index in [1.807, 2.05) is 13.0 Å². The zero-order valence-electron chi connectivity index (χ0n) is 11.9. The molecule has 4 heteroatoms. The summed E-state index contributed by atoms with van der Waals surface area (Å²) in [4.78, 5) is 0. The third-order valence-corrected chi connectivity index (χ3v) is 3.77. The van der Waals surface area contributed by atoms with Gasteiger partial charge in [0.15, 0.2) is 11.6 Å². The maximum atomic E-state index is 13.8. The fourth-order valence-electron chi connectivity index (χ4n) is 2.71. The van der Waals surface area contributed by atoms with Crippen LogP contribution in [-0.4, -0.2) is 12.6 Å². The SMILES string of the molecule is CCOc1ccc(NC2CCCCCC2C#N)cc1F. The summed E-state index contributed by atoms with van der Waals surface area (Å²) in [6, 6.07) is 7.39. The molecule has 0 saturated heterocycles. The van der Waals surface area contributed by atoms with Gasteiger partial charge in [0.2, 0.25) is 0 Å². The second-order valence-electron chi connectivity index (χ2n) is 5.20. The van der Waals surface area contributed by atoms with E-state index in [1.165, 1.54) is 12.5 Å². The van der Waals surface area contributed by atoms with Gasteiger partial charge in [-0.2, -0.15) is 5.26 Å². The highest BCUT2D eigenvalue weighted by Gasteiger charge is 2.23. The average molecular weight is 276 g/mol. The predicted octanol–water partition coefficient (Wildman–Crippen LogP) is 4.11. The van der Waals surface area contributed by atoms with Crippen molar-refractivity contribution in [2.75, 3.05) is 11.9 Å². The van der Waals surface area contributed by atoms with Crippen molar-refractivity contribution < 1.29 is 9.13 Å². The molecule has 0 heterocycles. The molecule has 3 nitrogen and oxygen atoms in total. The van der Waals surface area contributed by atoms with Gasteiger partial charge in [0.25, 0.3) is 0 Å². The Morgan fingerprint density at radius 3 is 2.85 bits per heavy atom. The normalized spacial score (nSPS) is 22.6. The van der Waals surface area contributed by atoms with E-state index in [-0.39, 0.29) is 23.5 Å². The van der Waals surface area contributed by atoms with Gasteiger partial charge in [0, 0.05) is 17.8 Å². The van der Waals surface area contributed by atoms with E-state index in [9.17, 15) is 9.65 Å². The van der Waals surface area contributed by atoms with Gasteiger partial charge in [0.05, 0.1) is 18.6 Å². The van der Waals surface area contributed by atoms with Crippen LogP contribution in [0, 0.1) is 23.1 Å². The van der Waals surface area contributed by atoms with Crippen molar-refractivity contribution in [3.05, 3.63) is 24.0 Å². The summed E-state index contributed by atoms with van der Waals surface area (Å²) in [7, 11) is 0. The molecule has 1 aliphatic carbocycles. The smallest absolute Gasteiger partial charge is 0.167 e. The highest BCUT2D eigenvalue weighted by atomic mass is 19.1. The lowest BCUT2D eigenvalue weighted by atomic mass is 9.96. The van der Waals surface area contributed by atoms with E-state index in [4.69, 9.17) is 4.74 Å². The van der Waals surface area contributed by atoms with Crippen molar-refractivity contribution in [1.29, 1.82) is 5.26 Å². The van der Waals surface area contributed by atoms with Crippen LogP contribution >= 0.6 is 0 Å². The van der Waals surface area contributed by atoms with Crippen LogP contribution in [0.1, 0.15) is 39.0 Å². The molecule has 0 bridgehead atoms. The maximum Gasteiger partial charge on any atom is 0.167 e. The fourth-order valence-corrected chi connectivity index (χ4v) is 2.71. The molecule has 1 aromatic rings. The Hall–Kier alpha value is -1.76. The molecule has 2 unspecified atom stereocenters. The molecule has 20 heavy (non-hydrogen) atoms. The van der Waals surface area contributed by atoms with Crippen LogP contribution in [0.25, 0.3) is 0 Å². The van der Waals surface area contributed by atoms with Crippen LogP contribution in [0.3, 0.4) is 0 Å². The minimum absolute atomic E-state index is 0.00660. The lowest BCUT2D eigenvalue weighted by Crippen LogP contribution is -2.27. The summed E-state index contributed by atoms with van der Waals surface area (Å²) in [5.41, 5.74) is 0.720. The Balaban J connectivity index is 2.08. The third-order valence-electron chi connectivity index (χ3n) is 3.77. The molecule has 2 atom stereocenters. The molecule has 0 aliphatic heterocycles. The lowest BCUT2D eigenvalue weighted by molar-refractivity contribution is 0.321. The Bertz CT molecular complexity index is 484. The van der Waals surface area contributed by atoms with Crippen molar-refractivity contribution in [2.24, 2.45) is 5.92 Å². The third kappa shape index (κ3) is 3.63. The molecule has 1 N–H and O–H groups in total. The topological polar surface area (TPSA) is 45.0 Å². The van der Waals surface area contributed by atoms with E-state index in [2.05, 4.69) is 11.4 Å². The minimum atomic E-state index is -0.362. The molecule has 2 rings (SSSR count). The van der Waals surface area contributed by atoms with E-state index >= 15 is 0 Å². The van der Waals surface area contributed by atoms with Gasteiger partial charge in [0.1, 0.15) is 0 Å². The zero-order chi connectivity index (χ0) is 14.4. The summed E-state index contributed by atoms with van der Waals surface area (Å²) >= 11 is 0. The van der Waals surface area contributed by atoms with Crippen molar-refractivity contribution in [3.63, 3.8) is 0 Å². The molecule has 0 amide bonds. The summed E-state index contributed by atoms with van der Waals surface area (Å²) in [5.74, 6) is -0.0816. The van der Waals surface area contributed by atoms with E-state index in [0.717, 1.165) is 31.4 Å². The molecule has 1 aromatic carbocycles. The minimum Gasteiger partial charge on any atom is -0.491 e. The number of hydrogen-bond acceptors (Lipinski definition) is 3. The molecule has 0 spiro atoms. The number of nitriles is 1. The standard InChI is InChI=1S/C16H21FN2O/c1-2-20-16-9-8-13(10-14(16)17)19-15-7-5-3-4-6-12(15)11-18/h8-10,12,15,19H,2-7H2,1H3. The van der Waals surface area contributed by atoms with Gasteiger partial charge in [-0.15, -0.1) is 0 Å². The first-order chi connectivity index (χ1) is 9.74. The average Bonchev–Trinajstić information content (AvgIpc) is 2.67. The number of hydrogen-bond donors (Lipinski definition) is 1. The number of anilines is 1. The monoisotopic (exact) mass is 276 g/mol. The van der Waals surface area contributed by atoms with Gasteiger partial charge < -0.3 is 10.1 Å². The van der Waals surface area contributed by atoms with Crippen LogP contribution in [0.4, 0.5) is 10.1 Å². The first-order valence-corrected chi connectivity index (χ1v) is 7.33. The molecule has 1 aliphatic rings. The van der Waals surface area contributed by atoms with Crippen molar-refractivity contribution in [1.82, 2.24) is 0 Å². The molecular formula is C16H21FN2O. The Labute approximate surface area is 119 Å². The molecule has 1 saturated carbocycles. The van der Waals surface area contributed by atoms with Gasteiger partial charge in [-0.05, 0) is 31.9 Å². The predicted molar refractivity (Wildman–Crippen MR) is 77.2 cm³/mol. The Kier molecular flexibility index (Phi) is 5.23. The zero-order valence-corrected chi connectivity index (χ0v) is 11.9. The summed E-state index contributed by atoms with van der Waals surface area (Å²) in [5, 5.41) is 12.6. The van der Waals surface area contributed by atoms with Crippen LogP contribution in [-0.2, 0) is 0 Å². The van der Waals surface area contributed by atoms with E-state index in [1.54, 1.807) is 6.07 Å². The van der Waals surface area contributed by atoms with Gasteiger partial charge in [-0.3, -0.25) is 0 Å². The summed E-state index contributed by atoms with van der Waals surface area (Å²) < 4.78 is 19.0. The second kappa shape index (κ2) is 7.14. The lowest BCUT2D eigenvalue weighted by Gasteiger charge is -2.22. The highest BCUT2D eigenvalue weighted by molar-refractivity contribution is 5.48. The van der Waals surface area contributed by atoms with Crippen LogP contribution in [0.15, 0.2) is 18.2 Å². The first-order valence-electron chi connectivity index (χ1n) is 7.33. The highest BCUT2D eigenvalue weighted by Crippen LogP contribution is 2.27. The van der Waals surface area contributed by atoms with E-state index in [0.29, 0.717) is 6.61 Å². The van der Waals surface area contributed by atoms with Crippen molar-refractivity contribution in [2.45, 2.75) is 45.1 Å². The number of benzene rings is 1. The molecule has 108 valence electrons.